The van der Waals surface area contributed by atoms with Crippen molar-refractivity contribution in [2.24, 2.45) is 5.92 Å². The second-order valence-corrected chi connectivity index (χ2v) is 6.07. The van der Waals surface area contributed by atoms with Crippen LogP contribution < -0.4 is 5.32 Å². The molecule has 1 unspecified atom stereocenters. The molecule has 1 heterocycles. The molecule has 1 aromatic carbocycles. The van der Waals surface area contributed by atoms with Gasteiger partial charge in [0, 0.05) is 22.6 Å². The zero-order chi connectivity index (χ0) is 12.3. The molecule has 1 atom stereocenters. The summed E-state index contributed by atoms with van der Waals surface area (Å²) in [5.74, 6) is 0.790. The first-order valence-corrected chi connectivity index (χ1v) is 7.15. The minimum Gasteiger partial charge on any atom is -0.312 e. The van der Waals surface area contributed by atoms with E-state index < -0.39 is 0 Å². The molecule has 1 saturated heterocycles. The van der Waals surface area contributed by atoms with Crippen LogP contribution in [0.3, 0.4) is 0 Å². The van der Waals surface area contributed by atoms with E-state index in [2.05, 4.69) is 33.2 Å². The molecule has 94 valence electrons. The lowest BCUT2D eigenvalue weighted by Gasteiger charge is -2.12. The number of hydrogen-bond acceptors (Lipinski definition) is 2. The summed E-state index contributed by atoms with van der Waals surface area (Å²) >= 11 is 9.53. The molecule has 1 aromatic rings. The number of nitrogens with zero attached hydrogens (tertiary/aromatic N) is 1. The fourth-order valence-electron chi connectivity index (χ4n) is 2.28. The lowest BCUT2D eigenvalue weighted by Crippen LogP contribution is -2.24. The van der Waals surface area contributed by atoms with Crippen molar-refractivity contribution in [1.82, 2.24) is 10.2 Å². The molecule has 0 amide bonds. The van der Waals surface area contributed by atoms with E-state index in [9.17, 15) is 0 Å². The second-order valence-electron chi connectivity index (χ2n) is 4.78. The predicted octanol–water partition coefficient (Wildman–Crippen LogP) is 3.14. The van der Waals surface area contributed by atoms with Gasteiger partial charge in [-0.2, -0.15) is 0 Å². The Labute approximate surface area is 116 Å². The Hall–Kier alpha value is -0.0900. The van der Waals surface area contributed by atoms with Gasteiger partial charge in [0.15, 0.2) is 0 Å². The Kier molecular flexibility index (Phi) is 4.86. The molecular weight excluding hydrogens is 300 g/mol. The van der Waals surface area contributed by atoms with E-state index in [-0.39, 0.29) is 0 Å². The molecule has 4 heteroatoms. The predicted molar refractivity (Wildman–Crippen MR) is 76.5 cm³/mol. The highest BCUT2D eigenvalue weighted by atomic mass is 79.9. The Bertz CT molecular complexity index is 384. The first-order valence-electron chi connectivity index (χ1n) is 5.98. The van der Waals surface area contributed by atoms with E-state index in [1.54, 1.807) is 0 Å². The molecule has 0 spiro atoms. The lowest BCUT2D eigenvalue weighted by atomic mass is 10.1. The van der Waals surface area contributed by atoms with Crippen LogP contribution >= 0.6 is 27.5 Å². The summed E-state index contributed by atoms with van der Waals surface area (Å²) in [7, 11) is 2.19. The zero-order valence-electron chi connectivity index (χ0n) is 10.0. The van der Waals surface area contributed by atoms with Gasteiger partial charge in [-0.1, -0.05) is 27.5 Å². The molecule has 0 bridgehead atoms. The van der Waals surface area contributed by atoms with Crippen LogP contribution in [0.15, 0.2) is 22.7 Å². The Morgan fingerprint density at radius 1 is 1.53 bits per heavy atom. The van der Waals surface area contributed by atoms with Gasteiger partial charge >= 0.3 is 0 Å². The van der Waals surface area contributed by atoms with Gasteiger partial charge in [-0.15, -0.1) is 0 Å². The van der Waals surface area contributed by atoms with Gasteiger partial charge in [0.25, 0.3) is 0 Å². The molecule has 1 aliphatic heterocycles. The second kappa shape index (κ2) is 6.19. The third-order valence-electron chi connectivity index (χ3n) is 3.25. The number of nitrogens with one attached hydrogen (secondary N) is 1. The number of benzene rings is 1. The normalized spacial score (nSPS) is 21.0. The Morgan fingerprint density at radius 2 is 2.35 bits per heavy atom. The molecule has 1 N–H and O–H groups in total. The maximum Gasteiger partial charge on any atom is 0.0410 e. The Morgan fingerprint density at radius 3 is 3.06 bits per heavy atom. The molecule has 2 nitrogen and oxygen atoms in total. The van der Waals surface area contributed by atoms with Gasteiger partial charge < -0.3 is 10.2 Å². The summed E-state index contributed by atoms with van der Waals surface area (Å²) in [4.78, 5) is 2.39. The molecule has 17 heavy (non-hydrogen) atoms. The minimum atomic E-state index is 0.790. The van der Waals surface area contributed by atoms with Gasteiger partial charge in [0.1, 0.15) is 0 Å². The van der Waals surface area contributed by atoms with Crippen molar-refractivity contribution in [3.63, 3.8) is 0 Å². The van der Waals surface area contributed by atoms with E-state index >= 15 is 0 Å². The monoisotopic (exact) mass is 316 g/mol. The number of likely N-dealkylation sites (tertiary alicyclic amines) is 1. The van der Waals surface area contributed by atoms with Crippen LogP contribution in [0.25, 0.3) is 0 Å². The summed E-state index contributed by atoms with van der Waals surface area (Å²) in [6.45, 7) is 4.40. The van der Waals surface area contributed by atoms with Crippen molar-refractivity contribution in [3.05, 3.63) is 33.3 Å². The average Bonchev–Trinajstić information content (AvgIpc) is 2.69. The molecule has 1 aliphatic rings. The Balaban J connectivity index is 1.80. The van der Waals surface area contributed by atoms with Crippen LogP contribution in [0.5, 0.6) is 0 Å². The van der Waals surface area contributed by atoms with Crippen LogP contribution in [0, 0.1) is 5.92 Å². The van der Waals surface area contributed by atoms with Gasteiger partial charge in [-0.05, 0) is 56.2 Å². The van der Waals surface area contributed by atoms with Crippen molar-refractivity contribution in [1.29, 1.82) is 0 Å². The minimum absolute atomic E-state index is 0.790. The van der Waals surface area contributed by atoms with Crippen LogP contribution in [-0.2, 0) is 6.54 Å². The van der Waals surface area contributed by atoms with Crippen LogP contribution in [0.1, 0.15) is 12.0 Å². The fraction of sp³-hybridized carbons (Fsp3) is 0.538. The summed E-state index contributed by atoms with van der Waals surface area (Å²) in [5, 5.41) is 4.31. The highest BCUT2D eigenvalue weighted by Crippen LogP contribution is 2.21. The van der Waals surface area contributed by atoms with E-state index in [4.69, 9.17) is 11.6 Å². The maximum absolute atomic E-state index is 5.99. The summed E-state index contributed by atoms with van der Waals surface area (Å²) in [6.07, 6.45) is 1.31. The maximum atomic E-state index is 5.99. The molecule has 2 rings (SSSR count). The zero-order valence-corrected chi connectivity index (χ0v) is 12.4. The molecule has 0 aliphatic carbocycles. The number of halogens is 2. The largest absolute Gasteiger partial charge is 0.312 e. The number of hydrogen-bond donors (Lipinski definition) is 1. The van der Waals surface area contributed by atoms with Crippen molar-refractivity contribution in [2.75, 3.05) is 26.7 Å². The molecular formula is C13H18BrClN2. The topological polar surface area (TPSA) is 15.3 Å². The molecule has 0 saturated carbocycles. The number of rotatable bonds is 4. The van der Waals surface area contributed by atoms with Crippen molar-refractivity contribution in [3.8, 4) is 0 Å². The van der Waals surface area contributed by atoms with Gasteiger partial charge in [0.2, 0.25) is 0 Å². The van der Waals surface area contributed by atoms with E-state index in [0.29, 0.717) is 0 Å². The SMILES string of the molecule is CN1CCC(CNCc2cc(Cl)ccc2Br)C1. The molecule has 0 aromatic heterocycles. The highest BCUT2D eigenvalue weighted by molar-refractivity contribution is 9.10. The third-order valence-corrected chi connectivity index (χ3v) is 4.25. The van der Waals surface area contributed by atoms with Crippen molar-refractivity contribution >= 4 is 27.5 Å². The first kappa shape index (κ1) is 13.3. The average molecular weight is 318 g/mol. The van der Waals surface area contributed by atoms with Crippen LogP contribution in [-0.4, -0.2) is 31.6 Å². The summed E-state index contributed by atoms with van der Waals surface area (Å²) in [6, 6.07) is 5.92. The first-order chi connectivity index (χ1) is 8.15. The quantitative estimate of drug-likeness (QED) is 0.918. The highest BCUT2D eigenvalue weighted by Gasteiger charge is 2.18. The van der Waals surface area contributed by atoms with Gasteiger partial charge in [0.05, 0.1) is 0 Å². The van der Waals surface area contributed by atoms with E-state index in [1.165, 1.54) is 25.1 Å². The summed E-state index contributed by atoms with van der Waals surface area (Å²) in [5.41, 5.74) is 1.23. The van der Waals surface area contributed by atoms with Crippen molar-refractivity contribution in [2.45, 2.75) is 13.0 Å². The van der Waals surface area contributed by atoms with Gasteiger partial charge in [-0.25, -0.2) is 0 Å². The third kappa shape index (κ3) is 3.95. The smallest absolute Gasteiger partial charge is 0.0410 e. The lowest BCUT2D eigenvalue weighted by molar-refractivity contribution is 0.388. The molecule has 0 radical (unpaired) electrons. The van der Waals surface area contributed by atoms with Crippen LogP contribution in [0.4, 0.5) is 0 Å². The summed E-state index contributed by atoms with van der Waals surface area (Å²) < 4.78 is 1.12. The standard InChI is InChI=1S/C13H18BrClN2/c1-17-5-4-10(9-17)7-16-8-11-6-12(15)2-3-13(11)14/h2-3,6,10,16H,4-5,7-9H2,1H3. The fourth-order valence-corrected chi connectivity index (χ4v) is 2.86. The molecule has 1 fully saturated rings. The van der Waals surface area contributed by atoms with Crippen LogP contribution in [0.2, 0.25) is 5.02 Å². The van der Waals surface area contributed by atoms with E-state index in [1.807, 2.05) is 18.2 Å². The van der Waals surface area contributed by atoms with Crippen molar-refractivity contribution < 1.29 is 0 Å². The van der Waals surface area contributed by atoms with Gasteiger partial charge in [-0.3, -0.25) is 0 Å². The van der Waals surface area contributed by atoms with E-state index in [0.717, 1.165) is 28.5 Å².